The van der Waals surface area contributed by atoms with Gasteiger partial charge in [0.05, 0.1) is 0 Å². The zero-order valence-electron chi connectivity index (χ0n) is 15.4. The second-order valence-electron chi connectivity index (χ2n) is 9.55. The first-order valence-electron chi connectivity index (χ1n) is 9.16. The Labute approximate surface area is 133 Å². The highest BCUT2D eigenvalue weighted by Gasteiger charge is 2.45. The Morgan fingerprint density at radius 1 is 1.00 bits per heavy atom. The van der Waals surface area contributed by atoms with Crippen LogP contribution in [0.1, 0.15) is 67.2 Å². The van der Waals surface area contributed by atoms with Crippen molar-refractivity contribution in [1.82, 2.24) is 9.80 Å². The minimum absolute atomic E-state index is 0.485. The van der Waals surface area contributed by atoms with Gasteiger partial charge in [0.1, 0.15) is 0 Å². The van der Waals surface area contributed by atoms with E-state index in [0.717, 1.165) is 12.0 Å². The van der Waals surface area contributed by atoms with Crippen LogP contribution in [0.3, 0.4) is 0 Å². The predicted molar refractivity (Wildman–Crippen MR) is 92.7 cm³/mol. The monoisotopic (exact) mass is 294 g/mol. The third-order valence-corrected chi connectivity index (χ3v) is 5.55. The first-order valence-corrected chi connectivity index (χ1v) is 9.16. The number of piperidine rings is 1. The van der Waals surface area contributed by atoms with Crippen LogP contribution in [0.2, 0.25) is 0 Å². The summed E-state index contributed by atoms with van der Waals surface area (Å²) in [7, 11) is 0. The minimum Gasteiger partial charge on any atom is -0.303 e. The fourth-order valence-corrected chi connectivity index (χ4v) is 3.99. The molecule has 0 amide bonds. The van der Waals surface area contributed by atoms with E-state index >= 15 is 0 Å². The Balaban J connectivity index is 1.69. The Morgan fingerprint density at radius 3 is 2.05 bits per heavy atom. The maximum atomic E-state index is 2.74. The predicted octanol–water partition coefficient (Wildman–Crippen LogP) is 4.26. The van der Waals surface area contributed by atoms with Crippen LogP contribution in [0.4, 0.5) is 0 Å². The molecule has 0 aromatic carbocycles. The summed E-state index contributed by atoms with van der Waals surface area (Å²) in [4.78, 5) is 5.42. The average Bonchev–Trinajstić information content (AvgIpc) is 2.33. The van der Waals surface area contributed by atoms with Crippen LogP contribution in [0.5, 0.6) is 0 Å². The SMILES string of the molecule is CC(C)CN1CCC2(CC1)CN(C(C)CCC(C)(C)C)C2. The van der Waals surface area contributed by atoms with Crippen molar-refractivity contribution in [3.05, 3.63) is 0 Å². The third-order valence-electron chi connectivity index (χ3n) is 5.55. The molecule has 0 saturated carbocycles. The molecule has 2 aliphatic heterocycles. The summed E-state index contributed by atoms with van der Waals surface area (Å²) in [5, 5.41) is 0. The molecule has 0 aromatic heterocycles. The maximum absolute atomic E-state index is 2.74. The molecule has 2 rings (SSSR count). The summed E-state index contributed by atoms with van der Waals surface area (Å²) in [5.41, 5.74) is 1.17. The first-order chi connectivity index (χ1) is 9.69. The lowest BCUT2D eigenvalue weighted by Gasteiger charge is -2.56. The van der Waals surface area contributed by atoms with Crippen molar-refractivity contribution in [2.24, 2.45) is 16.7 Å². The molecule has 1 unspecified atom stereocenters. The molecule has 2 heterocycles. The van der Waals surface area contributed by atoms with E-state index in [9.17, 15) is 0 Å². The van der Waals surface area contributed by atoms with Gasteiger partial charge in [-0.25, -0.2) is 0 Å². The van der Waals surface area contributed by atoms with Crippen molar-refractivity contribution >= 4 is 0 Å². The summed E-state index contributed by atoms with van der Waals surface area (Å²) in [6.45, 7) is 20.9. The molecular formula is C19H38N2. The van der Waals surface area contributed by atoms with Crippen molar-refractivity contribution in [3.63, 3.8) is 0 Å². The van der Waals surface area contributed by atoms with Gasteiger partial charge in [0.2, 0.25) is 0 Å². The normalized spacial score (nSPS) is 25.3. The van der Waals surface area contributed by atoms with Gasteiger partial charge in [0.15, 0.2) is 0 Å². The summed E-state index contributed by atoms with van der Waals surface area (Å²) < 4.78 is 0. The fourth-order valence-electron chi connectivity index (χ4n) is 3.99. The quantitative estimate of drug-likeness (QED) is 0.748. The van der Waals surface area contributed by atoms with Gasteiger partial charge in [-0.05, 0) is 62.4 Å². The minimum atomic E-state index is 0.485. The zero-order chi connectivity index (χ0) is 15.7. The van der Waals surface area contributed by atoms with E-state index in [0.29, 0.717) is 10.8 Å². The molecule has 0 aromatic rings. The lowest BCUT2D eigenvalue weighted by Crippen LogP contribution is -2.62. The summed E-state index contributed by atoms with van der Waals surface area (Å²) in [5.74, 6) is 0.814. The van der Waals surface area contributed by atoms with Gasteiger partial charge in [0.25, 0.3) is 0 Å². The van der Waals surface area contributed by atoms with E-state index < -0.39 is 0 Å². The van der Waals surface area contributed by atoms with Gasteiger partial charge in [-0.3, -0.25) is 4.90 Å². The van der Waals surface area contributed by atoms with E-state index in [1.165, 1.54) is 58.4 Å². The summed E-state index contributed by atoms with van der Waals surface area (Å²) in [6, 6.07) is 0.781. The van der Waals surface area contributed by atoms with E-state index in [4.69, 9.17) is 0 Å². The Morgan fingerprint density at radius 2 is 1.57 bits per heavy atom. The van der Waals surface area contributed by atoms with Crippen molar-refractivity contribution in [3.8, 4) is 0 Å². The molecule has 2 saturated heterocycles. The molecule has 2 fully saturated rings. The van der Waals surface area contributed by atoms with E-state index in [-0.39, 0.29) is 0 Å². The highest BCUT2D eigenvalue weighted by atomic mass is 15.2. The molecule has 124 valence electrons. The summed E-state index contributed by atoms with van der Waals surface area (Å²) in [6.07, 6.45) is 5.57. The van der Waals surface area contributed by atoms with Gasteiger partial charge in [0, 0.05) is 25.7 Å². The first kappa shape index (κ1) is 17.3. The molecule has 0 radical (unpaired) electrons. The molecular weight excluding hydrogens is 256 g/mol. The number of hydrogen-bond acceptors (Lipinski definition) is 2. The van der Waals surface area contributed by atoms with Gasteiger partial charge in [-0.15, -0.1) is 0 Å². The van der Waals surface area contributed by atoms with Gasteiger partial charge in [-0.2, -0.15) is 0 Å². The van der Waals surface area contributed by atoms with E-state index in [2.05, 4.69) is 51.3 Å². The van der Waals surface area contributed by atoms with Gasteiger partial charge in [-0.1, -0.05) is 34.6 Å². The van der Waals surface area contributed by atoms with Crippen molar-refractivity contribution in [2.45, 2.75) is 73.3 Å². The maximum Gasteiger partial charge on any atom is 0.00676 e. The molecule has 2 nitrogen and oxygen atoms in total. The lowest BCUT2D eigenvalue weighted by atomic mass is 9.71. The van der Waals surface area contributed by atoms with Crippen molar-refractivity contribution < 1.29 is 0 Å². The number of nitrogens with zero attached hydrogens (tertiary/aromatic N) is 2. The fraction of sp³-hybridized carbons (Fsp3) is 1.00. The number of likely N-dealkylation sites (tertiary alicyclic amines) is 2. The largest absolute Gasteiger partial charge is 0.303 e. The second kappa shape index (κ2) is 6.58. The molecule has 0 bridgehead atoms. The van der Waals surface area contributed by atoms with Gasteiger partial charge < -0.3 is 4.90 Å². The van der Waals surface area contributed by atoms with E-state index in [1.54, 1.807) is 0 Å². The Bertz CT molecular complexity index is 313. The Hall–Kier alpha value is -0.0800. The highest BCUT2D eigenvalue weighted by Crippen LogP contribution is 2.42. The topological polar surface area (TPSA) is 6.48 Å². The van der Waals surface area contributed by atoms with Crippen LogP contribution in [0.25, 0.3) is 0 Å². The molecule has 1 atom stereocenters. The molecule has 0 aliphatic carbocycles. The van der Waals surface area contributed by atoms with E-state index in [1.807, 2.05) is 0 Å². The zero-order valence-corrected chi connectivity index (χ0v) is 15.4. The molecule has 2 heteroatoms. The average molecular weight is 295 g/mol. The second-order valence-corrected chi connectivity index (χ2v) is 9.55. The lowest BCUT2D eigenvalue weighted by molar-refractivity contribution is -0.0695. The highest BCUT2D eigenvalue weighted by molar-refractivity contribution is 4.99. The smallest absolute Gasteiger partial charge is 0.00676 e. The standard InChI is InChI=1S/C19H38N2/c1-16(2)13-20-11-9-19(10-12-20)14-21(15-19)17(3)7-8-18(4,5)6/h16-17H,7-15H2,1-6H3. The van der Waals surface area contributed by atoms with Crippen LogP contribution in [-0.2, 0) is 0 Å². The van der Waals surface area contributed by atoms with Gasteiger partial charge >= 0.3 is 0 Å². The third kappa shape index (κ3) is 4.96. The molecule has 0 N–H and O–H groups in total. The Kier molecular flexibility index (Phi) is 5.41. The van der Waals surface area contributed by atoms with Crippen LogP contribution in [0, 0.1) is 16.7 Å². The van der Waals surface area contributed by atoms with Crippen molar-refractivity contribution in [2.75, 3.05) is 32.7 Å². The van der Waals surface area contributed by atoms with Crippen LogP contribution < -0.4 is 0 Å². The molecule has 1 spiro atoms. The van der Waals surface area contributed by atoms with Crippen LogP contribution in [-0.4, -0.2) is 48.6 Å². The number of rotatable bonds is 5. The molecule has 21 heavy (non-hydrogen) atoms. The molecule has 2 aliphatic rings. The van der Waals surface area contributed by atoms with Crippen LogP contribution >= 0.6 is 0 Å². The summed E-state index contributed by atoms with van der Waals surface area (Å²) >= 11 is 0. The number of hydrogen-bond donors (Lipinski definition) is 0. The van der Waals surface area contributed by atoms with Crippen LogP contribution in [0.15, 0.2) is 0 Å². The van der Waals surface area contributed by atoms with Crippen molar-refractivity contribution in [1.29, 1.82) is 0 Å².